The van der Waals surface area contributed by atoms with Crippen LogP contribution in [0.1, 0.15) is 58.8 Å². The first-order valence-electron chi connectivity index (χ1n) is 7.95. The van der Waals surface area contributed by atoms with E-state index in [1.165, 1.54) is 38.6 Å². The lowest BCUT2D eigenvalue weighted by molar-refractivity contribution is 0.211. The van der Waals surface area contributed by atoms with Gasteiger partial charge in [0.25, 0.3) is 0 Å². The van der Waals surface area contributed by atoms with E-state index in [4.69, 9.17) is 0 Å². The van der Waals surface area contributed by atoms with E-state index >= 15 is 0 Å². The molecule has 0 radical (unpaired) electrons. The molecule has 0 aromatic heterocycles. The molecule has 0 aromatic carbocycles. The number of fused-ring (bicyclic) bond motifs is 2. The Bertz CT molecular complexity index is 262. The van der Waals surface area contributed by atoms with Gasteiger partial charge in [-0.2, -0.15) is 0 Å². The number of rotatable bonds is 3. The summed E-state index contributed by atoms with van der Waals surface area (Å²) in [6.07, 6.45) is 10.5. The van der Waals surface area contributed by atoms with Crippen molar-refractivity contribution in [1.29, 1.82) is 0 Å². The molecule has 1 heteroatoms. The van der Waals surface area contributed by atoms with Crippen LogP contribution < -0.4 is 5.32 Å². The van der Waals surface area contributed by atoms with Crippen molar-refractivity contribution in [3.8, 4) is 0 Å². The van der Waals surface area contributed by atoms with Gasteiger partial charge in [0.05, 0.1) is 0 Å². The summed E-state index contributed by atoms with van der Waals surface area (Å²) in [7, 11) is 0. The Labute approximate surface area is 107 Å². The second-order valence-corrected chi connectivity index (χ2v) is 7.31. The minimum Gasteiger partial charge on any atom is -0.314 e. The highest BCUT2D eigenvalue weighted by Crippen LogP contribution is 2.48. The van der Waals surface area contributed by atoms with E-state index in [1.54, 1.807) is 12.8 Å². The number of nitrogens with one attached hydrogen (secondary N) is 1. The van der Waals surface area contributed by atoms with Crippen molar-refractivity contribution in [2.45, 2.75) is 64.8 Å². The maximum Gasteiger partial charge on any atom is 0.00699 e. The molecule has 3 aliphatic rings. The molecule has 3 aliphatic carbocycles. The van der Waals surface area contributed by atoms with Crippen molar-refractivity contribution in [2.24, 2.45) is 29.6 Å². The van der Waals surface area contributed by atoms with E-state index in [1.807, 2.05) is 0 Å². The monoisotopic (exact) mass is 235 g/mol. The molecule has 3 fully saturated rings. The van der Waals surface area contributed by atoms with Gasteiger partial charge in [-0.3, -0.25) is 0 Å². The van der Waals surface area contributed by atoms with Crippen molar-refractivity contribution in [3.63, 3.8) is 0 Å². The van der Waals surface area contributed by atoms with Crippen molar-refractivity contribution in [3.05, 3.63) is 0 Å². The molecular weight excluding hydrogens is 206 g/mol. The average Bonchev–Trinajstić information content (AvgIpc) is 2.92. The third-order valence-electron chi connectivity index (χ3n) is 6.15. The van der Waals surface area contributed by atoms with Crippen LogP contribution >= 0.6 is 0 Å². The van der Waals surface area contributed by atoms with Crippen molar-refractivity contribution < 1.29 is 0 Å². The quantitative estimate of drug-likeness (QED) is 0.784. The van der Waals surface area contributed by atoms with Gasteiger partial charge < -0.3 is 5.32 Å². The third-order valence-corrected chi connectivity index (χ3v) is 6.15. The average molecular weight is 235 g/mol. The lowest BCUT2D eigenvalue weighted by atomic mass is 9.79. The molecule has 0 heterocycles. The molecule has 1 N–H and O–H groups in total. The Morgan fingerprint density at radius 1 is 0.882 bits per heavy atom. The summed E-state index contributed by atoms with van der Waals surface area (Å²) in [5.41, 5.74) is 0. The van der Waals surface area contributed by atoms with E-state index in [0.717, 1.165) is 35.6 Å². The molecule has 98 valence electrons. The van der Waals surface area contributed by atoms with Gasteiger partial charge in [0.1, 0.15) is 0 Å². The normalized spacial score (nSPS) is 49.8. The number of hydrogen-bond acceptors (Lipinski definition) is 1. The number of hydrogen-bond donors (Lipinski definition) is 1. The van der Waals surface area contributed by atoms with Crippen LogP contribution in [0.3, 0.4) is 0 Å². The zero-order chi connectivity index (χ0) is 11.8. The third kappa shape index (κ3) is 2.54. The van der Waals surface area contributed by atoms with Crippen LogP contribution in [0.5, 0.6) is 0 Å². The van der Waals surface area contributed by atoms with Crippen molar-refractivity contribution in [2.75, 3.05) is 6.54 Å². The van der Waals surface area contributed by atoms with Crippen LogP contribution in [-0.2, 0) is 0 Å². The maximum absolute atomic E-state index is 3.90. The zero-order valence-corrected chi connectivity index (χ0v) is 11.6. The molecule has 0 amide bonds. The standard InChI is InChI=1S/C16H29N/c1-11-3-6-16(7-12(11)2)17-10-15-9-13-4-5-14(15)8-13/h11-17H,3-10H2,1-2H3. The molecule has 17 heavy (non-hydrogen) atoms. The SMILES string of the molecule is CC1CCC(NCC2CC3CCC2C3)CC1C. The van der Waals surface area contributed by atoms with E-state index in [2.05, 4.69) is 19.2 Å². The smallest absolute Gasteiger partial charge is 0.00699 e. The molecular formula is C16H29N. The van der Waals surface area contributed by atoms with E-state index in [9.17, 15) is 0 Å². The van der Waals surface area contributed by atoms with Gasteiger partial charge in [-0.1, -0.05) is 20.3 Å². The summed E-state index contributed by atoms with van der Waals surface area (Å²) < 4.78 is 0. The Morgan fingerprint density at radius 2 is 1.76 bits per heavy atom. The van der Waals surface area contributed by atoms with Gasteiger partial charge >= 0.3 is 0 Å². The summed E-state index contributed by atoms with van der Waals surface area (Å²) in [4.78, 5) is 0. The molecule has 0 aromatic rings. The van der Waals surface area contributed by atoms with Gasteiger partial charge in [0.15, 0.2) is 0 Å². The lowest BCUT2D eigenvalue weighted by Gasteiger charge is -2.34. The van der Waals surface area contributed by atoms with Gasteiger partial charge in [-0.15, -0.1) is 0 Å². The lowest BCUT2D eigenvalue weighted by Crippen LogP contribution is -2.39. The summed E-state index contributed by atoms with van der Waals surface area (Å²) in [6, 6.07) is 0.834. The minimum atomic E-state index is 0.834. The summed E-state index contributed by atoms with van der Waals surface area (Å²) in [6.45, 7) is 6.19. The van der Waals surface area contributed by atoms with Gasteiger partial charge in [0.2, 0.25) is 0 Å². The van der Waals surface area contributed by atoms with Crippen LogP contribution in [0.4, 0.5) is 0 Å². The Hall–Kier alpha value is -0.0400. The molecule has 0 spiro atoms. The highest BCUT2D eigenvalue weighted by molar-refractivity contribution is 4.91. The Kier molecular flexibility index (Phi) is 3.47. The van der Waals surface area contributed by atoms with Crippen LogP contribution in [0.25, 0.3) is 0 Å². The van der Waals surface area contributed by atoms with Gasteiger partial charge in [-0.25, -0.2) is 0 Å². The molecule has 0 aliphatic heterocycles. The fourth-order valence-electron chi connectivity index (χ4n) is 4.68. The molecule has 1 nitrogen and oxygen atoms in total. The summed E-state index contributed by atoms with van der Waals surface area (Å²) in [5, 5.41) is 3.90. The summed E-state index contributed by atoms with van der Waals surface area (Å²) >= 11 is 0. The minimum absolute atomic E-state index is 0.834. The predicted octanol–water partition coefficient (Wildman–Crippen LogP) is 3.84. The highest BCUT2D eigenvalue weighted by Gasteiger charge is 2.39. The second-order valence-electron chi connectivity index (χ2n) is 7.31. The fourth-order valence-corrected chi connectivity index (χ4v) is 4.68. The molecule has 6 unspecified atom stereocenters. The van der Waals surface area contributed by atoms with Crippen LogP contribution in [-0.4, -0.2) is 12.6 Å². The first kappa shape index (κ1) is 12.0. The fraction of sp³-hybridized carbons (Fsp3) is 1.00. The first-order chi connectivity index (χ1) is 8.22. The van der Waals surface area contributed by atoms with Crippen LogP contribution in [0.15, 0.2) is 0 Å². The van der Waals surface area contributed by atoms with E-state index in [-0.39, 0.29) is 0 Å². The van der Waals surface area contributed by atoms with E-state index in [0.29, 0.717) is 0 Å². The van der Waals surface area contributed by atoms with Crippen molar-refractivity contribution in [1.82, 2.24) is 5.32 Å². The van der Waals surface area contributed by atoms with Crippen LogP contribution in [0, 0.1) is 29.6 Å². The van der Waals surface area contributed by atoms with Gasteiger partial charge in [-0.05, 0) is 74.7 Å². The zero-order valence-electron chi connectivity index (χ0n) is 11.6. The molecule has 0 saturated heterocycles. The Morgan fingerprint density at radius 3 is 2.41 bits per heavy atom. The maximum atomic E-state index is 3.90. The second kappa shape index (κ2) is 4.91. The predicted molar refractivity (Wildman–Crippen MR) is 72.9 cm³/mol. The van der Waals surface area contributed by atoms with Crippen molar-refractivity contribution >= 4 is 0 Å². The van der Waals surface area contributed by atoms with Gasteiger partial charge in [0, 0.05) is 6.04 Å². The van der Waals surface area contributed by atoms with E-state index < -0.39 is 0 Å². The summed E-state index contributed by atoms with van der Waals surface area (Å²) in [5.74, 6) is 5.12. The molecule has 3 saturated carbocycles. The molecule has 2 bridgehead atoms. The topological polar surface area (TPSA) is 12.0 Å². The Balaban J connectivity index is 1.42. The molecule has 6 atom stereocenters. The highest BCUT2D eigenvalue weighted by atomic mass is 14.9. The first-order valence-corrected chi connectivity index (χ1v) is 7.95. The largest absolute Gasteiger partial charge is 0.314 e. The van der Waals surface area contributed by atoms with Crippen LogP contribution in [0.2, 0.25) is 0 Å². The molecule has 3 rings (SSSR count).